The van der Waals surface area contributed by atoms with Crippen LogP contribution < -0.4 is 5.32 Å². The monoisotopic (exact) mass is 277 g/mol. The van der Waals surface area contributed by atoms with Gasteiger partial charge in [0.2, 0.25) is 0 Å². The molecule has 2 atom stereocenters. The Hall–Kier alpha value is -0.0800. The van der Waals surface area contributed by atoms with Crippen LogP contribution in [0.4, 0.5) is 0 Å². The lowest BCUT2D eigenvalue weighted by Gasteiger charge is -2.60. The molecule has 2 nitrogen and oxygen atoms in total. The van der Waals surface area contributed by atoms with Crippen LogP contribution in [0.25, 0.3) is 0 Å². The third kappa shape index (κ3) is 2.33. The molecule has 20 heavy (non-hydrogen) atoms. The summed E-state index contributed by atoms with van der Waals surface area (Å²) in [7, 11) is 0. The van der Waals surface area contributed by atoms with Crippen LogP contribution in [0.5, 0.6) is 0 Å². The lowest BCUT2D eigenvalue weighted by molar-refractivity contribution is -0.155. The molecule has 1 N–H and O–H groups in total. The molecule has 1 saturated heterocycles. The Kier molecular flexibility index (Phi) is 3.38. The van der Waals surface area contributed by atoms with Gasteiger partial charge in [-0.2, -0.15) is 0 Å². The zero-order valence-corrected chi connectivity index (χ0v) is 13.2. The van der Waals surface area contributed by atoms with Crippen molar-refractivity contribution in [1.82, 2.24) is 5.32 Å². The van der Waals surface area contributed by atoms with Gasteiger partial charge in [0, 0.05) is 12.6 Å². The maximum Gasteiger partial charge on any atom is 0.0756 e. The maximum absolute atomic E-state index is 6.41. The second-order valence-corrected chi connectivity index (χ2v) is 8.84. The zero-order chi connectivity index (χ0) is 13.7. The van der Waals surface area contributed by atoms with E-state index in [2.05, 4.69) is 19.2 Å². The highest BCUT2D eigenvalue weighted by molar-refractivity contribution is 5.05. The first-order valence-corrected chi connectivity index (χ1v) is 8.98. The third-order valence-electron chi connectivity index (χ3n) is 6.62. The number of morpholine rings is 1. The van der Waals surface area contributed by atoms with E-state index in [-0.39, 0.29) is 0 Å². The Morgan fingerprint density at radius 2 is 1.65 bits per heavy atom. The molecule has 0 aromatic heterocycles. The topological polar surface area (TPSA) is 21.3 Å². The molecule has 5 rings (SSSR count). The molecule has 0 spiro atoms. The van der Waals surface area contributed by atoms with Crippen molar-refractivity contribution < 1.29 is 4.74 Å². The van der Waals surface area contributed by atoms with Crippen molar-refractivity contribution in [3.63, 3.8) is 0 Å². The first kappa shape index (κ1) is 13.6. The summed E-state index contributed by atoms with van der Waals surface area (Å²) in [6.45, 7) is 6.69. The average molecular weight is 277 g/mol. The van der Waals surface area contributed by atoms with Gasteiger partial charge in [-0.1, -0.05) is 13.8 Å². The minimum absolute atomic E-state index is 0.513. The normalized spacial score (nSPS) is 50.9. The molecule has 2 heteroatoms. The average Bonchev–Trinajstić information content (AvgIpc) is 2.37. The van der Waals surface area contributed by atoms with Crippen LogP contribution in [0.1, 0.15) is 58.8 Å². The van der Waals surface area contributed by atoms with Gasteiger partial charge in [0.15, 0.2) is 0 Å². The molecular weight excluding hydrogens is 246 g/mol. The van der Waals surface area contributed by atoms with Crippen LogP contribution in [0, 0.1) is 29.1 Å². The molecule has 1 heterocycles. The third-order valence-corrected chi connectivity index (χ3v) is 6.62. The predicted octanol–water partition coefficient (Wildman–Crippen LogP) is 3.61. The fourth-order valence-corrected chi connectivity index (χ4v) is 6.31. The number of ether oxygens (including phenoxy) is 1. The summed E-state index contributed by atoms with van der Waals surface area (Å²) in [6.07, 6.45) is 10.8. The lowest BCUT2D eigenvalue weighted by Crippen LogP contribution is -2.59. The van der Waals surface area contributed by atoms with Gasteiger partial charge in [-0.25, -0.2) is 0 Å². The van der Waals surface area contributed by atoms with E-state index in [4.69, 9.17) is 4.74 Å². The smallest absolute Gasteiger partial charge is 0.0756 e. The van der Waals surface area contributed by atoms with E-state index in [1.54, 1.807) is 0 Å². The van der Waals surface area contributed by atoms with Gasteiger partial charge < -0.3 is 10.1 Å². The quantitative estimate of drug-likeness (QED) is 0.851. The molecular formula is C18H31NO. The van der Waals surface area contributed by atoms with Gasteiger partial charge in [-0.05, 0) is 74.0 Å². The fourth-order valence-electron chi connectivity index (χ4n) is 6.31. The summed E-state index contributed by atoms with van der Waals surface area (Å²) < 4.78 is 6.41. The van der Waals surface area contributed by atoms with Crippen molar-refractivity contribution in [2.75, 3.05) is 13.2 Å². The van der Waals surface area contributed by atoms with Gasteiger partial charge >= 0.3 is 0 Å². The first-order chi connectivity index (χ1) is 9.63. The van der Waals surface area contributed by atoms with Crippen molar-refractivity contribution in [3.8, 4) is 0 Å². The molecule has 0 amide bonds. The number of hydrogen-bond donors (Lipinski definition) is 1. The van der Waals surface area contributed by atoms with Crippen molar-refractivity contribution in [3.05, 3.63) is 0 Å². The fraction of sp³-hybridized carbons (Fsp3) is 1.00. The molecule has 4 saturated carbocycles. The van der Waals surface area contributed by atoms with Gasteiger partial charge in [0.05, 0.1) is 12.7 Å². The summed E-state index contributed by atoms with van der Waals surface area (Å²) in [4.78, 5) is 0. The molecule has 0 aromatic carbocycles. The summed E-state index contributed by atoms with van der Waals surface area (Å²) in [6, 6.07) is 0.597. The molecule has 5 fully saturated rings. The lowest BCUT2D eigenvalue weighted by atomic mass is 9.48. The van der Waals surface area contributed by atoms with E-state index < -0.39 is 0 Å². The van der Waals surface area contributed by atoms with Crippen LogP contribution in [-0.2, 0) is 4.74 Å². The zero-order valence-electron chi connectivity index (χ0n) is 13.2. The number of nitrogens with one attached hydrogen (secondary N) is 1. The second kappa shape index (κ2) is 4.98. The van der Waals surface area contributed by atoms with Crippen LogP contribution >= 0.6 is 0 Å². The second-order valence-electron chi connectivity index (χ2n) is 8.84. The molecule has 114 valence electrons. The Morgan fingerprint density at radius 3 is 2.10 bits per heavy atom. The van der Waals surface area contributed by atoms with Crippen LogP contribution in [-0.4, -0.2) is 25.3 Å². The Morgan fingerprint density at radius 1 is 1.05 bits per heavy atom. The highest BCUT2D eigenvalue weighted by Gasteiger charge is 2.55. The highest BCUT2D eigenvalue weighted by Crippen LogP contribution is 2.61. The van der Waals surface area contributed by atoms with E-state index in [0.29, 0.717) is 17.6 Å². The van der Waals surface area contributed by atoms with E-state index >= 15 is 0 Å². The van der Waals surface area contributed by atoms with Crippen LogP contribution in [0.2, 0.25) is 0 Å². The Balaban J connectivity index is 1.41. The minimum atomic E-state index is 0.513. The van der Waals surface area contributed by atoms with Crippen molar-refractivity contribution >= 4 is 0 Å². The largest absolute Gasteiger partial charge is 0.375 e. The molecule has 4 aliphatic carbocycles. The summed E-state index contributed by atoms with van der Waals surface area (Å²) in [5, 5.41) is 3.80. The van der Waals surface area contributed by atoms with Crippen molar-refractivity contribution in [2.45, 2.75) is 70.9 Å². The van der Waals surface area contributed by atoms with Crippen molar-refractivity contribution in [2.24, 2.45) is 29.1 Å². The molecule has 4 bridgehead atoms. The van der Waals surface area contributed by atoms with E-state index in [1.807, 2.05) is 0 Å². The van der Waals surface area contributed by atoms with Gasteiger partial charge in [-0.3, -0.25) is 0 Å². The summed E-state index contributed by atoms with van der Waals surface area (Å²) in [5.41, 5.74) is 0.560. The van der Waals surface area contributed by atoms with Crippen LogP contribution in [0.15, 0.2) is 0 Å². The van der Waals surface area contributed by atoms with Gasteiger partial charge in [0.25, 0.3) is 0 Å². The first-order valence-electron chi connectivity index (χ1n) is 8.98. The standard InChI is InChI=1S/C18H31NO/c1-12(2)3-16-11-20-17(10-19-16)18-7-13-4-14(8-18)6-15(5-13)9-18/h12-17,19H,3-11H2,1-2H3. The van der Waals surface area contributed by atoms with E-state index in [9.17, 15) is 0 Å². The van der Waals surface area contributed by atoms with Gasteiger partial charge in [-0.15, -0.1) is 0 Å². The van der Waals surface area contributed by atoms with Gasteiger partial charge in [0.1, 0.15) is 0 Å². The molecule has 1 aliphatic heterocycles. The van der Waals surface area contributed by atoms with E-state index in [1.165, 1.54) is 44.9 Å². The van der Waals surface area contributed by atoms with Crippen molar-refractivity contribution in [1.29, 1.82) is 0 Å². The predicted molar refractivity (Wildman–Crippen MR) is 81.6 cm³/mol. The number of hydrogen-bond acceptors (Lipinski definition) is 2. The van der Waals surface area contributed by atoms with E-state index in [0.717, 1.165) is 36.8 Å². The SMILES string of the molecule is CC(C)CC1COC(C23CC4CC(CC(C4)C2)C3)CN1. The summed E-state index contributed by atoms with van der Waals surface area (Å²) >= 11 is 0. The Labute approximate surface area is 124 Å². The molecule has 0 aromatic rings. The minimum Gasteiger partial charge on any atom is -0.375 e. The molecule has 0 radical (unpaired) electrons. The highest BCUT2D eigenvalue weighted by atomic mass is 16.5. The maximum atomic E-state index is 6.41. The summed E-state index contributed by atoms with van der Waals surface area (Å²) in [5.74, 6) is 3.89. The molecule has 2 unspecified atom stereocenters. The number of rotatable bonds is 3. The Bertz CT molecular complexity index is 321. The van der Waals surface area contributed by atoms with Crippen LogP contribution in [0.3, 0.4) is 0 Å². The molecule has 5 aliphatic rings.